The zero-order valence-electron chi connectivity index (χ0n) is 16.2. The van der Waals surface area contributed by atoms with Gasteiger partial charge in [0, 0.05) is 0 Å². The van der Waals surface area contributed by atoms with Crippen LogP contribution in [0.1, 0.15) is 5.56 Å². The average molecular weight is 428 g/mol. The van der Waals surface area contributed by atoms with Crippen molar-refractivity contribution in [3.05, 3.63) is 42.0 Å². The molecule has 30 heavy (non-hydrogen) atoms. The van der Waals surface area contributed by atoms with E-state index >= 15 is 0 Å². The normalized spacial score (nSPS) is 40.0. The second-order valence-corrected chi connectivity index (χ2v) is 7.24. The quantitative estimate of drug-likeness (QED) is 0.286. The minimum absolute atomic E-state index is 0.0849. The number of aliphatic hydroxyl groups excluding tert-OH is 6. The Balaban J connectivity index is 1.52. The van der Waals surface area contributed by atoms with Gasteiger partial charge in [0.15, 0.2) is 12.6 Å². The van der Waals surface area contributed by atoms with Crippen molar-refractivity contribution in [3.8, 4) is 0 Å². The molecular weight excluding hydrogens is 400 g/mol. The predicted molar refractivity (Wildman–Crippen MR) is 102 cm³/mol. The van der Waals surface area contributed by atoms with Gasteiger partial charge in [-0.1, -0.05) is 42.5 Å². The van der Waals surface area contributed by atoms with Gasteiger partial charge in [0.25, 0.3) is 0 Å². The van der Waals surface area contributed by atoms with Gasteiger partial charge in [-0.15, -0.1) is 0 Å². The van der Waals surface area contributed by atoms with Crippen LogP contribution >= 0.6 is 0 Å². The van der Waals surface area contributed by atoms with Crippen molar-refractivity contribution in [2.75, 3.05) is 19.8 Å². The first-order valence-corrected chi connectivity index (χ1v) is 9.68. The van der Waals surface area contributed by atoms with Gasteiger partial charge < -0.3 is 49.6 Å². The fourth-order valence-electron chi connectivity index (χ4n) is 3.21. The predicted octanol–water partition coefficient (Wildman–Crippen LogP) is -2.02. The van der Waals surface area contributed by atoms with Crippen LogP contribution in [0.15, 0.2) is 36.4 Å². The minimum atomic E-state index is -1.54. The minimum Gasteiger partial charge on any atom is -0.388 e. The van der Waals surface area contributed by atoms with Gasteiger partial charge in [-0.3, -0.25) is 0 Å². The Morgan fingerprint density at radius 2 is 1.53 bits per heavy atom. The zero-order chi connectivity index (χ0) is 21.7. The largest absolute Gasteiger partial charge is 0.388 e. The van der Waals surface area contributed by atoms with Crippen LogP contribution in [-0.2, 0) is 18.9 Å². The summed E-state index contributed by atoms with van der Waals surface area (Å²) in [5.74, 6) is 0. The molecule has 6 N–H and O–H groups in total. The first-order chi connectivity index (χ1) is 14.4. The molecule has 3 rings (SSSR count). The average Bonchev–Trinajstić information content (AvgIpc) is 2.76. The maximum atomic E-state index is 10.2. The SMILES string of the molecule is O[C@@H]1[C@@H](O)[C@@H](OCC=Cc2ccccc2)O[C@H](CO[C@H]2OC[C@H](O)[C@H](O)[C@H]2O)[C@H]1O. The molecule has 10 nitrogen and oxygen atoms in total. The van der Waals surface area contributed by atoms with E-state index in [1.165, 1.54) is 0 Å². The highest BCUT2D eigenvalue weighted by atomic mass is 16.7. The summed E-state index contributed by atoms with van der Waals surface area (Å²) in [7, 11) is 0. The van der Waals surface area contributed by atoms with Crippen LogP contribution in [0.5, 0.6) is 0 Å². The molecule has 168 valence electrons. The fourth-order valence-corrected chi connectivity index (χ4v) is 3.21. The third-order valence-electron chi connectivity index (χ3n) is 5.01. The van der Waals surface area contributed by atoms with E-state index in [4.69, 9.17) is 18.9 Å². The molecule has 0 bridgehead atoms. The topological polar surface area (TPSA) is 158 Å². The Labute approximate surface area is 173 Å². The van der Waals surface area contributed by atoms with Crippen molar-refractivity contribution in [2.45, 2.75) is 55.3 Å². The standard InChI is InChI=1S/C20H28O10/c21-12-9-28-19(17(25)14(12)22)29-10-13-15(23)16(24)18(26)20(30-13)27-8-4-7-11-5-2-1-3-6-11/h1-7,12-26H,8-10H2/t12-,13+,14-,15+,16-,17+,18+,19+,20-/m0/s1. The summed E-state index contributed by atoms with van der Waals surface area (Å²) >= 11 is 0. The van der Waals surface area contributed by atoms with Crippen LogP contribution in [0.25, 0.3) is 6.08 Å². The Morgan fingerprint density at radius 1 is 0.833 bits per heavy atom. The molecule has 0 aliphatic carbocycles. The molecule has 10 heteroatoms. The van der Waals surface area contributed by atoms with Crippen LogP contribution < -0.4 is 0 Å². The first kappa shape index (κ1) is 23.2. The van der Waals surface area contributed by atoms with Crippen molar-refractivity contribution in [1.82, 2.24) is 0 Å². The Morgan fingerprint density at radius 3 is 2.27 bits per heavy atom. The highest BCUT2D eigenvalue weighted by Crippen LogP contribution is 2.24. The van der Waals surface area contributed by atoms with Gasteiger partial charge in [0.1, 0.15) is 42.7 Å². The molecule has 2 saturated heterocycles. The first-order valence-electron chi connectivity index (χ1n) is 9.68. The molecule has 2 aliphatic rings. The summed E-state index contributed by atoms with van der Waals surface area (Å²) in [4.78, 5) is 0. The van der Waals surface area contributed by atoms with Crippen LogP contribution in [0.3, 0.4) is 0 Å². The molecule has 0 unspecified atom stereocenters. The van der Waals surface area contributed by atoms with Gasteiger partial charge >= 0.3 is 0 Å². The summed E-state index contributed by atoms with van der Waals surface area (Å²) < 4.78 is 21.5. The van der Waals surface area contributed by atoms with Gasteiger partial charge in [0.2, 0.25) is 0 Å². The van der Waals surface area contributed by atoms with E-state index in [2.05, 4.69) is 0 Å². The van der Waals surface area contributed by atoms with Crippen molar-refractivity contribution in [3.63, 3.8) is 0 Å². The summed E-state index contributed by atoms with van der Waals surface area (Å²) in [5.41, 5.74) is 0.964. The van der Waals surface area contributed by atoms with Crippen molar-refractivity contribution in [2.24, 2.45) is 0 Å². The third kappa shape index (κ3) is 5.62. The van der Waals surface area contributed by atoms with Gasteiger partial charge in [-0.05, 0) is 5.56 Å². The van der Waals surface area contributed by atoms with E-state index < -0.39 is 55.3 Å². The summed E-state index contributed by atoms with van der Waals surface area (Å²) in [6.07, 6.45) is -8.71. The second-order valence-electron chi connectivity index (χ2n) is 7.24. The Bertz CT molecular complexity index is 671. The Hall–Kier alpha value is -1.44. The molecule has 0 aromatic heterocycles. The van der Waals surface area contributed by atoms with Crippen molar-refractivity contribution >= 4 is 6.08 Å². The van der Waals surface area contributed by atoms with Gasteiger partial charge in [0.05, 0.1) is 19.8 Å². The fraction of sp³-hybridized carbons (Fsp3) is 0.600. The molecule has 1 aromatic rings. The van der Waals surface area contributed by atoms with E-state index in [0.717, 1.165) is 5.56 Å². The monoisotopic (exact) mass is 428 g/mol. The van der Waals surface area contributed by atoms with E-state index in [-0.39, 0.29) is 19.8 Å². The molecule has 2 aliphatic heterocycles. The lowest BCUT2D eigenvalue weighted by Crippen LogP contribution is -2.60. The van der Waals surface area contributed by atoms with Crippen LogP contribution in [0, 0.1) is 0 Å². The maximum absolute atomic E-state index is 10.2. The van der Waals surface area contributed by atoms with E-state index in [1.54, 1.807) is 6.08 Å². The van der Waals surface area contributed by atoms with Gasteiger partial charge in [-0.25, -0.2) is 0 Å². The van der Waals surface area contributed by atoms with E-state index in [0.29, 0.717) is 0 Å². The van der Waals surface area contributed by atoms with Crippen LogP contribution in [0.4, 0.5) is 0 Å². The number of ether oxygens (including phenoxy) is 4. The molecule has 9 atom stereocenters. The highest BCUT2D eigenvalue weighted by molar-refractivity contribution is 5.48. The lowest BCUT2D eigenvalue weighted by atomic mass is 9.99. The molecule has 2 heterocycles. The Kier molecular flexibility index (Phi) is 8.31. The number of hydrogen-bond acceptors (Lipinski definition) is 10. The smallest absolute Gasteiger partial charge is 0.187 e. The molecule has 0 amide bonds. The summed E-state index contributed by atoms with van der Waals surface area (Å²) in [5, 5.41) is 59.4. The third-order valence-corrected chi connectivity index (χ3v) is 5.01. The van der Waals surface area contributed by atoms with Crippen molar-refractivity contribution in [1.29, 1.82) is 0 Å². The summed E-state index contributed by atoms with van der Waals surface area (Å²) in [6, 6.07) is 9.50. The number of aliphatic hydroxyl groups is 6. The number of rotatable bonds is 7. The number of benzene rings is 1. The molecule has 2 fully saturated rings. The van der Waals surface area contributed by atoms with Crippen molar-refractivity contribution < 1.29 is 49.6 Å². The highest BCUT2D eigenvalue weighted by Gasteiger charge is 2.45. The molecule has 0 radical (unpaired) electrons. The second kappa shape index (κ2) is 10.7. The van der Waals surface area contributed by atoms with E-state index in [9.17, 15) is 30.6 Å². The molecule has 0 spiro atoms. The van der Waals surface area contributed by atoms with Crippen LogP contribution in [0.2, 0.25) is 0 Å². The zero-order valence-corrected chi connectivity index (χ0v) is 16.2. The maximum Gasteiger partial charge on any atom is 0.187 e. The summed E-state index contributed by atoms with van der Waals surface area (Å²) in [6.45, 7) is -0.478. The molecule has 0 saturated carbocycles. The van der Waals surface area contributed by atoms with E-state index in [1.807, 2.05) is 36.4 Å². The van der Waals surface area contributed by atoms with Crippen LogP contribution in [-0.4, -0.2) is 106 Å². The van der Waals surface area contributed by atoms with Gasteiger partial charge in [-0.2, -0.15) is 0 Å². The number of hydrogen-bond donors (Lipinski definition) is 6. The lowest BCUT2D eigenvalue weighted by Gasteiger charge is -2.41. The lowest BCUT2D eigenvalue weighted by molar-refractivity contribution is -0.319. The molecule has 1 aromatic carbocycles. The molecular formula is C20H28O10.